The van der Waals surface area contributed by atoms with Crippen molar-refractivity contribution in [2.45, 2.75) is 51.1 Å². The molecule has 136 valence electrons. The third kappa shape index (κ3) is 3.30. The first kappa shape index (κ1) is 16.9. The Labute approximate surface area is 149 Å². The first-order chi connectivity index (χ1) is 12.1. The minimum Gasteiger partial charge on any atom is -0.306 e. The molecule has 25 heavy (non-hydrogen) atoms. The molecular formula is C19H28N4O2. The summed E-state index contributed by atoms with van der Waals surface area (Å²) in [5.74, 6) is -0.488. The molecule has 1 amide bonds. The summed E-state index contributed by atoms with van der Waals surface area (Å²) < 4.78 is 0. The van der Waals surface area contributed by atoms with Crippen LogP contribution in [0.5, 0.6) is 0 Å². The summed E-state index contributed by atoms with van der Waals surface area (Å²) >= 11 is 0. The number of hydrogen-bond acceptors (Lipinski definition) is 5. The van der Waals surface area contributed by atoms with Crippen LogP contribution >= 0.6 is 0 Å². The number of carbonyl (C=O) groups excluding carboxylic acids is 1. The van der Waals surface area contributed by atoms with Gasteiger partial charge >= 0.3 is 0 Å². The Bertz CT molecular complexity index is 655. The first-order valence-electron chi connectivity index (χ1n) is 9.43. The third-order valence-electron chi connectivity index (χ3n) is 6.69. The van der Waals surface area contributed by atoms with Gasteiger partial charge in [-0.2, -0.15) is 0 Å². The molecule has 1 aromatic heterocycles. The van der Waals surface area contributed by atoms with Crippen LogP contribution in [0.15, 0.2) is 12.3 Å². The van der Waals surface area contributed by atoms with E-state index < -0.39 is 5.91 Å². The molecule has 1 saturated heterocycles. The molecule has 2 N–H and O–H groups in total. The number of hydrogen-bond donors (Lipinski definition) is 2. The van der Waals surface area contributed by atoms with Gasteiger partial charge in [-0.3, -0.25) is 19.9 Å². The number of nitrogens with one attached hydrogen (secondary N) is 1. The van der Waals surface area contributed by atoms with Crippen LogP contribution in [0.3, 0.4) is 0 Å². The molecule has 0 aromatic carbocycles. The molecule has 1 spiro atoms. The smallest absolute Gasteiger partial charge is 0.276 e. The van der Waals surface area contributed by atoms with Crippen molar-refractivity contribution in [3.63, 3.8) is 0 Å². The third-order valence-corrected chi connectivity index (χ3v) is 6.69. The van der Waals surface area contributed by atoms with Crippen molar-refractivity contribution in [1.82, 2.24) is 20.3 Å². The summed E-state index contributed by atoms with van der Waals surface area (Å²) in [6, 6.07) is 2.55. The zero-order valence-electron chi connectivity index (χ0n) is 15.0. The maximum atomic E-state index is 11.6. The van der Waals surface area contributed by atoms with Crippen LogP contribution in [0.25, 0.3) is 0 Å². The van der Waals surface area contributed by atoms with Crippen molar-refractivity contribution >= 4 is 5.91 Å². The molecule has 3 aliphatic rings. The van der Waals surface area contributed by atoms with Gasteiger partial charge in [-0.15, -0.1) is 0 Å². The summed E-state index contributed by atoms with van der Waals surface area (Å²) in [6.07, 6.45) is 9.22. The van der Waals surface area contributed by atoms with Crippen LogP contribution < -0.4 is 5.48 Å². The molecule has 1 saturated carbocycles. The van der Waals surface area contributed by atoms with Crippen molar-refractivity contribution in [3.05, 3.63) is 29.1 Å². The second-order valence-corrected chi connectivity index (χ2v) is 8.19. The van der Waals surface area contributed by atoms with Crippen LogP contribution in [0.4, 0.5) is 0 Å². The van der Waals surface area contributed by atoms with Gasteiger partial charge in [-0.05, 0) is 75.7 Å². The first-order valence-corrected chi connectivity index (χ1v) is 9.43. The summed E-state index contributed by atoms with van der Waals surface area (Å²) in [5.41, 5.74) is 4.92. The molecule has 2 aliphatic heterocycles. The zero-order chi connectivity index (χ0) is 17.4. The molecule has 1 aromatic rings. The predicted molar refractivity (Wildman–Crippen MR) is 94.4 cm³/mol. The summed E-state index contributed by atoms with van der Waals surface area (Å²) in [6.45, 7) is 4.41. The van der Waals surface area contributed by atoms with E-state index in [9.17, 15) is 4.79 Å². The molecule has 6 nitrogen and oxygen atoms in total. The number of carbonyl (C=O) groups is 1. The lowest BCUT2D eigenvalue weighted by Crippen LogP contribution is -2.41. The topological polar surface area (TPSA) is 68.7 Å². The lowest BCUT2D eigenvalue weighted by molar-refractivity contribution is 0.0705. The fourth-order valence-electron chi connectivity index (χ4n) is 4.97. The SMILES string of the molecule is CN1CCC2(CCC(N3CCc4cc(C(=O)NO)cnc4C3)C2)CC1. The van der Waals surface area contributed by atoms with Gasteiger partial charge in [0.25, 0.3) is 5.91 Å². The Morgan fingerprint density at radius 3 is 2.88 bits per heavy atom. The zero-order valence-corrected chi connectivity index (χ0v) is 15.0. The molecule has 1 atom stereocenters. The fourth-order valence-corrected chi connectivity index (χ4v) is 4.97. The quantitative estimate of drug-likeness (QED) is 0.633. The normalized spacial score (nSPS) is 26.6. The van der Waals surface area contributed by atoms with E-state index >= 15 is 0 Å². The van der Waals surface area contributed by atoms with Gasteiger partial charge < -0.3 is 4.90 Å². The second-order valence-electron chi connectivity index (χ2n) is 8.19. The number of likely N-dealkylation sites (tertiary alicyclic amines) is 1. The average molecular weight is 344 g/mol. The summed E-state index contributed by atoms with van der Waals surface area (Å²) in [7, 11) is 2.23. The largest absolute Gasteiger partial charge is 0.306 e. The van der Waals surface area contributed by atoms with E-state index in [4.69, 9.17) is 5.21 Å². The minimum absolute atomic E-state index is 0.431. The Kier molecular flexibility index (Phi) is 4.52. The maximum absolute atomic E-state index is 11.6. The summed E-state index contributed by atoms with van der Waals surface area (Å²) in [5, 5.41) is 8.78. The lowest BCUT2D eigenvalue weighted by Gasteiger charge is -2.39. The van der Waals surface area contributed by atoms with E-state index in [1.165, 1.54) is 45.2 Å². The number of nitrogens with zero attached hydrogens (tertiary/aromatic N) is 3. The van der Waals surface area contributed by atoms with E-state index in [0.29, 0.717) is 17.0 Å². The maximum Gasteiger partial charge on any atom is 0.276 e. The van der Waals surface area contributed by atoms with Gasteiger partial charge in [0, 0.05) is 25.3 Å². The molecule has 0 bridgehead atoms. The highest BCUT2D eigenvalue weighted by Crippen LogP contribution is 2.48. The molecule has 1 aliphatic carbocycles. The van der Waals surface area contributed by atoms with Crippen molar-refractivity contribution in [2.24, 2.45) is 5.41 Å². The van der Waals surface area contributed by atoms with Crippen LogP contribution in [0.2, 0.25) is 0 Å². The molecule has 4 rings (SSSR count). The molecule has 0 radical (unpaired) electrons. The van der Waals surface area contributed by atoms with Crippen molar-refractivity contribution < 1.29 is 10.0 Å². The number of aromatic nitrogens is 1. The van der Waals surface area contributed by atoms with E-state index in [-0.39, 0.29) is 0 Å². The number of pyridine rings is 1. The highest BCUT2D eigenvalue weighted by Gasteiger charge is 2.43. The lowest BCUT2D eigenvalue weighted by atomic mass is 9.77. The Balaban J connectivity index is 1.42. The van der Waals surface area contributed by atoms with Gasteiger partial charge in [0.05, 0.1) is 11.3 Å². The summed E-state index contributed by atoms with van der Waals surface area (Å²) in [4.78, 5) is 21.1. The van der Waals surface area contributed by atoms with E-state index in [2.05, 4.69) is 21.8 Å². The van der Waals surface area contributed by atoms with Crippen molar-refractivity contribution in [2.75, 3.05) is 26.7 Å². The van der Waals surface area contributed by atoms with Crippen LogP contribution in [0, 0.1) is 5.41 Å². The van der Waals surface area contributed by atoms with Crippen LogP contribution in [-0.4, -0.2) is 58.6 Å². The van der Waals surface area contributed by atoms with E-state index in [1.54, 1.807) is 11.7 Å². The van der Waals surface area contributed by atoms with Gasteiger partial charge in [-0.25, -0.2) is 5.48 Å². The predicted octanol–water partition coefficient (Wildman–Crippen LogP) is 1.82. The monoisotopic (exact) mass is 344 g/mol. The number of hydroxylamine groups is 1. The van der Waals surface area contributed by atoms with E-state index in [1.807, 2.05) is 6.07 Å². The van der Waals surface area contributed by atoms with E-state index in [0.717, 1.165) is 30.8 Å². The van der Waals surface area contributed by atoms with Crippen LogP contribution in [-0.2, 0) is 13.0 Å². The molecule has 2 fully saturated rings. The second kappa shape index (κ2) is 6.67. The number of rotatable bonds is 2. The van der Waals surface area contributed by atoms with Crippen molar-refractivity contribution in [3.8, 4) is 0 Å². The highest BCUT2D eigenvalue weighted by atomic mass is 16.5. The fraction of sp³-hybridized carbons (Fsp3) is 0.684. The Morgan fingerprint density at radius 2 is 2.12 bits per heavy atom. The molecule has 1 unspecified atom stereocenters. The molecule has 3 heterocycles. The van der Waals surface area contributed by atoms with Gasteiger partial charge in [0.1, 0.15) is 0 Å². The standard InChI is InChI=1S/C19H28N4O2/c1-22-8-5-19(6-9-22)4-2-16(11-19)23-7-3-14-10-15(18(24)21-25)12-20-17(14)13-23/h10,12,16,25H,2-9,11,13H2,1H3,(H,21,24). The van der Waals surface area contributed by atoms with Gasteiger partial charge in [-0.1, -0.05) is 0 Å². The molecule has 6 heteroatoms. The number of amides is 1. The minimum atomic E-state index is -0.488. The highest BCUT2D eigenvalue weighted by molar-refractivity contribution is 5.93. The Morgan fingerprint density at radius 1 is 1.32 bits per heavy atom. The van der Waals surface area contributed by atoms with Crippen LogP contribution in [0.1, 0.15) is 53.7 Å². The van der Waals surface area contributed by atoms with Crippen molar-refractivity contribution in [1.29, 1.82) is 0 Å². The number of piperidine rings is 1. The average Bonchev–Trinajstić information content (AvgIpc) is 3.07. The Hall–Kier alpha value is -1.50. The molecular weight excluding hydrogens is 316 g/mol. The number of fused-ring (bicyclic) bond motifs is 1. The van der Waals surface area contributed by atoms with Gasteiger partial charge in [0.2, 0.25) is 0 Å². The van der Waals surface area contributed by atoms with Gasteiger partial charge in [0.15, 0.2) is 0 Å².